The van der Waals surface area contributed by atoms with Gasteiger partial charge >= 0.3 is 0 Å². The van der Waals surface area contributed by atoms with Gasteiger partial charge in [-0.05, 0) is 49.4 Å². The molecule has 138 valence electrons. The minimum atomic E-state index is -0.133. The predicted octanol–water partition coefficient (Wildman–Crippen LogP) is 5.51. The van der Waals surface area contributed by atoms with Crippen molar-refractivity contribution in [3.63, 3.8) is 0 Å². The maximum absolute atomic E-state index is 12.4. The molecule has 0 saturated carbocycles. The molecule has 28 heavy (non-hydrogen) atoms. The van der Waals surface area contributed by atoms with Gasteiger partial charge in [0.1, 0.15) is 0 Å². The van der Waals surface area contributed by atoms with E-state index < -0.39 is 0 Å². The van der Waals surface area contributed by atoms with Crippen molar-refractivity contribution in [1.29, 1.82) is 0 Å². The van der Waals surface area contributed by atoms with E-state index in [1.54, 1.807) is 12.4 Å². The van der Waals surface area contributed by atoms with E-state index >= 15 is 0 Å². The van der Waals surface area contributed by atoms with E-state index in [9.17, 15) is 4.79 Å². The number of carbonyl (C=O) groups excluding carboxylic acids is 1. The standard InChI is InChI=1S/C22H18N4OS/c1-15-5-7-17(8-6-15)21(27)24-18-3-2-4-19(13-18)25-22-26-20(14-28-22)16-9-11-23-12-10-16/h2-14H,1H3,(H,24,27)(H,25,26). The van der Waals surface area contributed by atoms with Gasteiger partial charge in [0, 0.05) is 40.3 Å². The fraction of sp³-hybridized carbons (Fsp3) is 0.0455. The Morgan fingerprint density at radius 2 is 1.71 bits per heavy atom. The number of hydrogen-bond donors (Lipinski definition) is 2. The van der Waals surface area contributed by atoms with Gasteiger partial charge in [-0.15, -0.1) is 11.3 Å². The second-order valence-corrected chi connectivity index (χ2v) is 7.16. The number of carbonyl (C=O) groups is 1. The van der Waals surface area contributed by atoms with Gasteiger partial charge in [0.15, 0.2) is 5.13 Å². The minimum absolute atomic E-state index is 0.133. The zero-order valence-electron chi connectivity index (χ0n) is 15.2. The number of pyridine rings is 1. The SMILES string of the molecule is Cc1ccc(C(=O)Nc2cccc(Nc3nc(-c4ccncc4)cs3)c2)cc1. The third kappa shape index (κ3) is 4.24. The summed E-state index contributed by atoms with van der Waals surface area (Å²) in [7, 11) is 0. The Bertz CT molecular complexity index is 1090. The molecule has 0 atom stereocenters. The van der Waals surface area contributed by atoms with Gasteiger partial charge in [-0.25, -0.2) is 4.98 Å². The molecule has 0 spiro atoms. The summed E-state index contributed by atoms with van der Waals surface area (Å²) in [6.45, 7) is 2.00. The minimum Gasteiger partial charge on any atom is -0.331 e. The second-order valence-electron chi connectivity index (χ2n) is 6.30. The molecular weight excluding hydrogens is 368 g/mol. The van der Waals surface area contributed by atoms with Crippen molar-refractivity contribution < 1.29 is 4.79 Å². The van der Waals surface area contributed by atoms with Crippen LogP contribution in [0.15, 0.2) is 78.4 Å². The van der Waals surface area contributed by atoms with Crippen molar-refractivity contribution in [2.24, 2.45) is 0 Å². The number of aromatic nitrogens is 2. The molecule has 1 amide bonds. The maximum atomic E-state index is 12.4. The first kappa shape index (κ1) is 17.9. The Morgan fingerprint density at radius 1 is 0.964 bits per heavy atom. The maximum Gasteiger partial charge on any atom is 0.255 e. The van der Waals surface area contributed by atoms with Crippen LogP contribution in [-0.4, -0.2) is 15.9 Å². The average Bonchev–Trinajstić information content (AvgIpc) is 3.18. The molecule has 0 aliphatic rings. The Kier molecular flexibility index (Phi) is 5.12. The number of nitrogens with one attached hydrogen (secondary N) is 2. The number of nitrogens with zero attached hydrogens (tertiary/aromatic N) is 2. The van der Waals surface area contributed by atoms with Crippen molar-refractivity contribution in [3.8, 4) is 11.3 Å². The molecule has 2 heterocycles. The molecule has 2 aromatic heterocycles. The summed E-state index contributed by atoms with van der Waals surface area (Å²) >= 11 is 1.53. The molecule has 2 aromatic carbocycles. The summed E-state index contributed by atoms with van der Waals surface area (Å²) in [6.07, 6.45) is 3.50. The molecule has 0 aliphatic carbocycles. The largest absolute Gasteiger partial charge is 0.331 e. The van der Waals surface area contributed by atoms with E-state index in [4.69, 9.17) is 0 Å². The highest BCUT2D eigenvalue weighted by Crippen LogP contribution is 2.27. The molecule has 0 unspecified atom stereocenters. The van der Waals surface area contributed by atoms with Crippen LogP contribution in [0.3, 0.4) is 0 Å². The summed E-state index contributed by atoms with van der Waals surface area (Å²) in [6, 6.07) is 18.9. The first-order valence-electron chi connectivity index (χ1n) is 8.78. The van der Waals surface area contributed by atoms with Crippen LogP contribution in [0.2, 0.25) is 0 Å². The number of rotatable bonds is 5. The van der Waals surface area contributed by atoms with Gasteiger partial charge < -0.3 is 10.6 Å². The third-order valence-electron chi connectivity index (χ3n) is 4.17. The highest BCUT2D eigenvalue weighted by Gasteiger charge is 2.08. The zero-order valence-corrected chi connectivity index (χ0v) is 16.0. The van der Waals surface area contributed by atoms with Crippen molar-refractivity contribution in [1.82, 2.24) is 9.97 Å². The lowest BCUT2D eigenvalue weighted by atomic mass is 10.1. The van der Waals surface area contributed by atoms with E-state index in [2.05, 4.69) is 20.6 Å². The van der Waals surface area contributed by atoms with Crippen LogP contribution in [0.4, 0.5) is 16.5 Å². The predicted molar refractivity (Wildman–Crippen MR) is 114 cm³/mol. The Labute approximate surface area is 167 Å². The average molecular weight is 386 g/mol. The quantitative estimate of drug-likeness (QED) is 0.475. The van der Waals surface area contributed by atoms with Crippen LogP contribution in [0.5, 0.6) is 0 Å². The van der Waals surface area contributed by atoms with Crippen molar-refractivity contribution in [3.05, 3.63) is 89.6 Å². The van der Waals surface area contributed by atoms with Crippen LogP contribution in [0.25, 0.3) is 11.3 Å². The number of hydrogen-bond acceptors (Lipinski definition) is 5. The van der Waals surface area contributed by atoms with Crippen molar-refractivity contribution >= 4 is 33.8 Å². The smallest absolute Gasteiger partial charge is 0.255 e. The molecule has 0 radical (unpaired) electrons. The van der Waals surface area contributed by atoms with E-state index in [0.717, 1.165) is 33.3 Å². The summed E-state index contributed by atoms with van der Waals surface area (Å²) in [5, 5.41) is 9.01. The highest BCUT2D eigenvalue weighted by molar-refractivity contribution is 7.14. The first-order valence-corrected chi connectivity index (χ1v) is 9.66. The molecule has 0 saturated heterocycles. The number of aryl methyl sites for hydroxylation is 1. The molecule has 6 heteroatoms. The Hall–Kier alpha value is -3.51. The number of amides is 1. The molecule has 2 N–H and O–H groups in total. The summed E-state index contributed by atoms with van der Waals surface area (Å²) < 4.78 is 0. The van der Waals surface area contributed by atoms with Crippen LogP contribution in [0.1, 0.15) is 15.9 Å². The number of anilines is 3. The van der Waals surface area contributed by atoms with E-state index in [0.29, 0.717) is 5.56 Å². The third-order valence-corrected chi connectivity index (χ3v) is 4.92. The fourth-order valence-corrected chi connectivity index (χ4v) is 3.43. The lowest BCUT2D eigenvalue weighted by Gasteiger charge is -2.08. The lowest BCUT2D eigenvalue weighted by Crippen LogP contribution is -2.11. The topological polar surface area (TPSA) is 66.9 Å². The monoisotopic (exact) mass is 386 g/mol. The Morgan fingerprint density at radius 3 is 2.50 bits per heavy atom. The normalized spacial score (nSPS) is 10.5. The summed E-state index contributed by atoms with van der Waals surface area (Å²) in [5.74, 6) is -0.133. The zero-order chi connectivity index (χ0) is 19.3. The van der Waals surface area contributed by atoms with E-state index in [-0.39, 0.29) is 5.91 Å². The van der Waals surface area contributed by atoms with Crippen LogP contribution in [0, 0.1) is 6.92 Å². The number of thiazole rings is 1. The molecule has 5 nitrogen and oxygen atoms in total. The van der Waals surface area contributed by atoms with Crippen LogP contribution in [-0.2, 0) is 0 Å². The highest BCUT2D eigenvalue weighted by atomic mass is 32.1. The lowest BCUT2D eigenvalue weighted by molar-refractivity contribution is 0.102. The Balaban J connectivity index is 1.46. The van der Waals surface area contributed by atoms with Crippen molar-refractivity contribution in [2.75, 3.05) is 10.6 Å². The summed E-state index contributed by atoms with van der Waals surface area (Å²) in [5.41, 5.74) is 5.26. The molecule has 0 aliphatic heterocycles. The van der Waals surface area contributed by atoms with Crippen molar-refractivity contribution in [2.45, 2.75) is 6.92 Å². The molecular formula is C22H18N4OS. The molecule has 0 fully saturated rings. The number of benzene rings is 2. The van der Waals surface area contributed by atoms with Gasteiger partial charge in [-0.3, -0.25) is 9.78 Å². The summed E-state index contributed by atoms with van der Waals surface area (Å²) in [4.78, 5) is 21.1. The van der Waals surface area contributed by atoms with Crippen LogP contribution >= 0.6 is 11.3 Å². The van der Waals surface area contributed by atoms with Gasteiger partial charge in [0.25, 0.3) is 5.91 Å². The fourth-order valence-electron chi connectivity index (χ4n) is 2.69. The van der Waals surface area contributed by atoms with Gasteiger partial charge in [0.2, 0.25) is 0 Å². The molecule has 4 aromatic rings. The van der Waals surface area contributed by atoms with Gasteiger partial charge in [-0.1, -0.05) is 23.8 Å². The molecule has 4 rings (SSSR count). The van der Waals surface area contributed by atoms with E-state index in [1.807, 2.05) is 73.0 Å². The first-order chi connectivity index (χ1) is 13.7. The van der Waals surface area contributed by atoms with Gasteiger partial charge in [-0.2, -0.15) is 0 Å². The van der Waals surface area contributed by atoms with E-state index in [1.165, 1.54) is 11.3 Å². The second kappa shape index (κ2) is 8.02. The van der Waals surface area contributed by atoms with Gasteiger partial charge in [0.05, 0.1) is 5.69 Å². The molecule has 0 bridgehead atoms. The van der Waals surface area contributed by atoms with Crippen LogP contribution < -0.4 is 10.6 Å².